The second kappa shape index (κ2) is 11.1. The zero-order chi connectivity index (χ0) is 25.5. The van der Waals surface area contributed by atoms with Crippen molar-refractivity contribution in [3.8, 4) is 34.2 Å². The van der Waals surface area contributed by atoms with Gasteiger partial charge >= 0.3 is 5.97 Å². The van der Waals surface area contributed by atoms with Crippen molar-refractivity contribution >= 4 is 17.6 Å². The van der Waals surface area contributed by atoms with Crippen LogP contribution in [0.1, 0.15) is 10.5 Å². The number of anilines is 1. The Balaban J connectivity index is 1.52. The van der Waals surface area contributed by atoms with E-state index >= 15 is 0 Å². The summed E-state index contributed by atoms with van der Waals surface area (Å²) in [5, 5.41) is 7.27. The zero-order valence-electron chi connectivity index (χ0n) is 20.1. The van der Waals surface area contributed by atoms with Gasteiger partial charge in [0.1, 0.15) is 0 Å². The first-order valence-corrected chi connectivity index (χ1v) is 11.0. The van der Waals surface area contributed by atoms with Crippen molar-refractivity contribution in [1.82, 2.24) is 9.78 Å². The Kier molecular flexibility index (Phi) is 7.50. The molecular formula is C27H25N3O6. The summed E-state index contributed by atoms with van der Waals surface area (Å²) in [6, 6.07) is 23.5. The second-order valence-corrected chi connectivity index (χ2v) is 7.57. The monoisotopic (exact) mass is 487 g/mol. The van der Waals surface area contributed by atoms with Gasteiger partial charge < -0.3 is 24.3 Å². The van der Waals surface area contributed by atoms with E-state index in [0.717, 1.165) is 5.56 Å². The molecule has 184 valence electrons. The molecule has 1 N–H and O–H groups in total. The number of esters is 1. The minimum atomic E-state index is -0.687. The number of hydrogen-bond acceptors (Lipinski definition) is 7. The van der Waals surface area contributed by atoms with E-state index in [-0.39, 0.29) is 5.69 Å². The third-order valence-electron chi connectivity index (χ3n) is 5.27. The molecule has 0 fully saturated rings. The van der Waals surface area contributed by atoms with Gasteiger partial charge in [0, 0.05) is 23.4 Å². The zero-order valence-corrected chi connectivity index (χ0v) is 20.1. The maximum atomic E-state index is 13.0. The molecule has 1 amide bonds. The number of nitrogens with one attached hydrogen (secondary N) is 1. The van der Waals surface area contributed by atoms with Crippen molar-refractivity contribution in [2.45, 2.75) is 0 Å². The average molecular weight is 488 g/mol. The van der Waals surface area contributed by atoms with Crippen molar-refractivity contribution in [3.63, 3.8) is 0 Å². The summed E-state index contributed by atoms with van der Waals surface area (Å²) in [4.78, 5) is 25.6. The van der Waals surface area contributed by atoms with Crippen molar-refractivity contribution in [3.05, 3.63) is 84.6 Å². The third-order valence-corrected chi connectivity index (χ3v) is 5.27. The van der Waals surface area contributed by atoms with Crippen LogP contribution in [-0.2, 0) is 9.53 Å². The van der Waals surface area contributed by atoms with Gasteiger partial charge in [0.15, 0.2) is 23.8 Å². The molecule has 36 heavy (non-hydrogen) atoms. The molecule has 3 aromatic carbocycles. The highest BCUT2D eigenvalue weighted by Gasteiger charge is 2.20. The lowest BCUT2D eigenvalue weighted by Gasteiger charge is -2.14. The van der Waals surface area contributed by atoms with E-state index < -0.39 is 18.5 Å². The van der Waals surface area contributed by atoms with E-state index in [0.29, 0.717) is 34.3 Å². The van der Waals surface area contributed by atoms with Crippen molar-refractivity contribution in [2.24, 2.45) is 0 Å². The standard InChI is InChI=1S/C27H25N3O6/c1-33-23-14-19(15-24(34-2)26(23)35-3)28-25(31)17-36-27(32)22-16-21(18-10-6-4-7-11-18)29-30(22)20-12-8-5-9-13-20/h4-16H,17H2,1-3H3,(H,28,31). The summed E-state index contributed by atoms with van der Waals surface area (Å²) in [5.41, 5.74) is 2.73. The molecule has 0 aliphatic carbocycles. The highest BCUT2D eigenvalue weighted by Crippen LogP contribution is 2.39. The maximum Gasteiger partial charge on any atom is 0.357 e. The van der Waals surface area contributed by atoms with Crippen molar-refractivity contribution in [1.29, 1.82) is 0 Å². The Morgan fingerprint density at radius 1 is 0.833 bits per heavy atom. The van der Waals surface area contributed by atoms with Crippen molar-refractivity contribution in [2.75, 3.05) is 33.3 Å². The Bertz CT molecular complexity index is 1330. The van der Waals surface area contributed by atoms with E-state index in [4.69, 9.17) is 18.9 Å². The predicted molar refractivity (Wildman–Crippen MR) is 134 cm³/mol. The van der Waals surface area contributed by atoms with Gasteiger partial charge in [-0.1, -0.05) is 48.5 Å². The minimum Gasteiger partial charge on any atom is -0.493 e. The molecule has 1 heterocycles. The molecule has 0 spiro atoms. The summed E-state index contributed by atoms with van der Waals surface area (Å²) >= 11 is 0. The molecule has 0 aliphatic heterocycles. The molecule has 9 nitrogen and oxygen atoms in total. The number of para-hydroxylation sites is 1. The first-order valence-electron chi connectivity index (χ1n) is 11.0. The first kappa shape index (κ1) is 24.3. The topological polar surface area (TPSA) is 101 Å². The quantitative estimate of drug-likeness (QED) is 0.350. The average Bonchev–Trinajstić information content (AvgIpc) is 3.38. The molecule has 0 atom stereocenters. The van der Waals surface area contributed by atoms with Crippen LogP contribution < -0.4 is 19.5 Å². The number of hydrogen-bond donors (Lipinski definition) is 1. The van der Waals surface area contributed by atoms with Crippen molar-refractivity contribution < 1.29 is 28.5 Å². The van der Waals surface area contributed by atoms with Crippen LogP contribution in [0, 0.1) is 0 Å². The highest BCUT2D eigenvalue weighted by molar-refractivity contribution is 5.96. The number of amides is 1. The molecule has 0 aliphatic rings. The van der Waals surface area contributed by atoms with E-state index in [1.165, 1.54) is 26.0 Å². The molecule has 0 bridgehead atoms. The van der Waals surface area contributed by atoms with Crippen LogP contribution in [0.25, 0.3) is 16.9 Å². The van der Waals surface area contributed by atoms with Gasteiger partial charge in [0.2, 0.25) is 5.75 Å². The van der Waals surface area contributed by atoms with Crippen LogP contribution in [-0.4, -0.2) is 49.6 Å². The maximum absolute atomic E-state index is 13.0. The summed E-state index contributed by atoms with van der Waals surface area (Å²) in [5.74, 6) is -0.0678. The normalized spacial score (nSPS) is 10.4. The number of methoxy groups -OCH3 is 3. The number of nitrogens with zero attached hydrogens (tertiary/aromatic N) is 2. The Morgan fingerprint density at radius 2 is 1.44 bits per heavy atom. The van der Waals surface area contributed by atoms with E-state index in [9.17, 15) is 9.59 Å². The van der Waals surface area contributed by atoms with Gasteiger partial charge in [-0.05, 0) is 18.2 Å². The van der Waals surface area contributed by atoms with Crippen LogP contribution in [0.5, 0.6) is 17.2 Å². The highest BCUT2D eigenvalue weighted by atomic mass is 16.5. The smallest absolute Gasteiger partial charge is 0.357 e. The number of benzene rings is 3. The van der Waals surface area contributed by atoms with Gasteiger partial charge in [-0.3, -0.25) is 4.79 Å². The van der Waals surface area contributed by atoms with E-state index in [1.807, 2.05) is 60.7 Å². The van der Waals surface area contributed by atoms with Crippen LogP contribution in [0.3, 0.4) is 0 Å². The molecule has 0 saturated heterocycles. The summed E-state index contributed by atoms with van der Waals surface area (Å²) < 4.78 is 22.7. The largest absolute Gasteiger partial charge is 0.493 e. The van der Waals surface area contributed by atoms with Crippen LogP contribution >= 0.6 is 0 Å². The van der Waals surface area contributed by atoms with E-state index in [1.54, 1.807) is 18.2 Å². The van der Waals surface area contributed by atoms with E-state index in [2.05, 4.69) is 10.4 Å². The second-order valence-electron chi connectivity index (χ2n) is 7.57. The van der Waals surface area contributed by atoms with Gasteiger partial charge in [0.25, 0.3) is 5.91 Å². The lowest BCUT2D eigenvalue weighted by atomic mass is 10.1. The Hall–Kier alpha value is -4.79. The van der Waals surface area contributed by atoms with Gasteiger partial charge in [0.05, 0.1) is 32.7 Å². The molecule has 0 unspecified atom stereocenters. The minimum absolute atomic E-state index is 0.195. The molecule has 4 aromatic rings. The molecule has 9 heteroatoms. The van der Waals surface area contributed by atoms with Gasteiger partial charge in [-0.15, -0.1) is 0 Å². The Morgan fingerprint density at radius 3 is 2.03 bits per heavy atom. The van der Waals surface area contributed by atoms with Crippen LogP contribution in [0.2, 0.25) is 0 Å². The molecule has 1 aromatic heterocycles. The molecule has 0 radical (unpaired) electrons. The number of ether oxygens (including phenoxy) is 4. The lowest BCUT2D eigenvalue weighted by Crippen LogP contribution is -2.22. The predicted octanol–water partition coefficient (Wildman–Crippen LogP) is 4.36. The number of carbonyl (C=O) groups excluding carboxylic acids is 2. The van der Waals surface area contributed by atoms with Gasteiger partial charge in [-0.25, -0.2) is 9.48 Å². The fraction of sp³-hybridized carbons (Fsp3) is 0.148. The number of rotatable bonds is 9. The fourth-order valence-electron chi connectivity index (χ4n) is 3.60. The Labute approximate surface area is 208 Å². The fourth-order valence-corrected chi connectivity index (χ4v) is 3.60. The SMILES string of the molecule is COc1cc(NC(=O)COC(=O)c2cc(-c3ccccc3)nn2-c2ccccc2)cc(OC)c1OC. The summed E-state index contributed by atoms with van der Waals surface area (Å²) in [6.07, 6.45) is 0. The summed E-state index contributed by atoms with van der Waals surface area (Å²) in [6.45, 7) is -0.504. The van der Waals surface area contributed by atoms with Crippen LogP contribution in [0.4, 0.5) is 5.69 Å². The number of aromatic nitrogens is 2. The summed E-state index contributed by atoms with van der Waals surface area (Å²) in [7, 11) is 4.44. The lowest BCUT2D eigenvalue weighted by molar-refractivity contribution is -0.119. The van der Waals surface area contributed by atoms with Gasteiger partial charge in [-0.2, -0.15) is 5.10 Å². The van der Waals surface area contributed by atoms with Crippen LogP contribution in [0.15, 0.2) is 78.9 Å². The third kappa shape index (κ3) is 5.30. The molecular weight excluding hydrogens is 462 g/mol. The first-order chi connectivity index (χ1) is 17.5. The number of carbonyl (C=O) groups is 2. The molecule has 4 rings (SSSR count). The molecule has 0 saturated carbocycles.